The fraction of sp³-hybridized carbons (Fsp3) is 0.462. The molecule has 2 nitrogen and oxygen atoms in total. The van der Waals surface area contributed by atoms with E-state index in [-0.39, 0.29) is 5.82 Å². The summed E-state index contributed by atoms with van der Waals surface area (Å²) in [7, 11) is 0. The molecular weight excluding hydrogens is 235 g/mol. The molecule has 0 bridgehead atoms. The van der Waals surface area contributed by atoms with Crippen molar-refractivity contribution in [2.45, 2.75) is 19.3 Å². The van der Waals surface area contributed by atoms with Gasteiger partial charge in [-0.2, -0.15) is 17.0 Å². The van der Waals surface area contributed by atoms with Crippen molar-refractivity contribution in [1.82, 2.24) is 0 Å². The molecule has 0 unspecified atom stereocenters. The average molecular weight is 252 g/mol. The summed E-state index contributed by atoms with van der Waals surface area (Å²) in [4.78, 5) is 0. The Morgan fingerprint density at radius 2 is 2.18 bits per heavy atom. The molecule has 0 aromatic heterocycles. The summed E-state index contributed by atoms with van der Waals surface area (Å²) in [5.74, 6) is 0.832. The number of nitrogens with one attached hydrogen (secondary N) is 1. The Morgan fingerprint density at radius 1 is 1.35 bits per heavy atom. The molecule has 92 valence electrons. The summed E-state index contributed by atoms with van der Waals surface area (Å²) >= 11 is 1.85. The molecule has 0 heterocycles. The van der Waals surface area contributed by atoms with Crippen LogP contribution in [0.25, 0.3) is 0 Å². The van der Waals surface area contributed by atoms with E-state index in [1.807, 2.05) is 17.8 Å². The zero-order valence-corrected chi connectivity index (χ0v) is 10.8. The van der Waals surface area contributed by atoms with Gasteiger partial charge in [-0.25, -0.2) is 4.39 Å². The summed E-state index contributed by atoms with van der Waals surface area (Å²) in [5, 5.41) is 11.7. The van der Waals surface area contributed by atoms with Gasteiger partial charge in [0.1, 0.15) is 5.82 Å². The standard InChI is InChI=1S/C13H17FN2S/c1-17-8-4-2-3-7-16-13-6-5-11(10-15)9-12(13)14/h5-6,9,16H,2-4,7-8H2,1H3. The Bertz CT molecular complexity index is 387. The molecule has 0 aliphatic carbocycles. The predicted molar refractivity (Wildman–Crippen MR) is 71.8 cm³/mol. The largest absolute Gasteiger partial charge is 0.383 e. The zero-order valence-electron chi connectivity index (χ0n) is 10.0. The van der Waals surface area contributed by atoms with Crippen molar-refractivity contribution >= 4 is 17.4 Å². The maximum atomic E-state index is 13.5. The second-order valence-electron chi connectivity index (χ2n) is 3.79. The normalized spacial score (nSPS) is 9.94. The van der Waals surface area contributed by atoms with Gasteiger partial charge >= 0.3 is 0 Å². The summed E-state index contributed by atoms with van der Waals surface area (Å²) in [6.45, 7) is 0.775. The first-order valence-corrected chi connectivity index (χ1v) is 7.09. The highest BCUT2D eigenvalue weighted by atomic mass is 32.2. The number of hydrogen-bond acceptors (Lipinski definition) is 3. The third kappa shape index (κ3) is 5.10. The molecule has 0 spiro atoms. The number of halogens is 1. The fourth-order valence-electron chi connectivity index (χ4n) is 1.50. The van der Waals surface area contributed by atoms with E-state index in [0.29, 0.717) is 11.3 Å². The molecule has 0 saturated heterocycles. The van der Waals surface area contributed by atoms with Crippen LogP contribution < -0.4 is 5.32 Å². The molecule has 0 fully saturated rings. The highest BCUT2D eigenvalue weighted by Gasteiger charge is 2.02. The number of unbranched alkanes of at least 4 members (excludes halogenated alkanes) is 2. The third-order valence-corrected chi connectivity index (χ3v) is 3.14. The van der Waals surface area contributed by atoms with E-state index in [1.165, 1.54) is 18.2 Å². The Balaban J connectivity index is 2.30. The minimum atomic E-state index is -0.354. The molecule has 0 amide bonds. The molecule has 0 saturated carbocycles. The van der Waals surface area contributed by atoms with Gasteiger partial charge in [-0.05, 0) is 43.0 Å². The first-order valence-electron chi connectivity index (χ1n) is 5.70. The van der Waals surface area contributed by atoms with Crippen molar-refractivity contribution in [3.63, 3.8) is 0 Å². The van der Waals surface area contributed by atoms with Crippen molar-refractivity contribution in [3.8, 4) is 6.07 Å². The van der Waals surface area contributed by atoms with Crippen LogP contribution in [0.3, 0.4) is 0 Å². The Morgan fingerprint density at radius 3 is 2.82 bits per heavy atom. The Kier molecular flexibility index (Phi) is 6.49. The van der Waals surface area contributed by atoms with Crippen molar-refractivity contribution in [2.75, 3.05) is 23.9 Å². The van der Waals surface area contributed by atoms with Crippen LogP contribution in [-0.4, -0.2) is 18.6 Å². The molecule has 0 radical (unpaired) electrons. The molecular formula is C13H17FN2S. The van der Waals surface area contributed by atoms with Gasteiger partial charge in [0.05, 0.1) is 17.3 Å². The lowest BCUT2D eigenvalue weighted by molar-refractivity contribution is 0.628. The molecule has 1 aromatic carbocycles. The molecule has 1 aromatic rings. The number of nitrogens with zero attached hydrogens (tertiary/aromatic N) is 1. The summed E-state index contributed by atoms with van der Waals surface area (Å²) in [5.41, 5.74) is 0.835. The number of thioether (sulfide) groups is 1. The highest BCUT2D eigenvalue weighted by Crippen LogP contribution is 2.15. The zero-order chi connectivity index (χ0) is 12.5. The first kappa shape index (κ1) is 13.9. The van der Waals surface area contributed by atoms with Gasteiger partial charge in [0.2, 0.25) is 0 Å². The SMILES string of the molecule is CSCCCCCNc1ccc(C#N)cc1F. The van der Waals surface area contributed by atoms with E-state index < -0.39 is 0 Å². The number of benzene rings is 1. The van der Waals surface area contributed by atoms with E-state index >= 15 is 0 Å². The topological polar surface area (TPSA) is 35.8 Å². The number of nitriles is 1. The average Bonchev–Trinajstić information content (AvgIpc) is 2.35. The predicted octanol–water partition coefficient (Wildman–Crippen LogP) is 3.64. The van der Waals surface area contributed by atoms with Crippen LogP contribution in [0.5, 0.6) is 0 Å². The smallest absolute Gasteiger partial charge is 0.147 e. The van der Waals surface area contributed by atoms with Crippen LogP contribution in [-0.2, 0) is 0 Å². The van der Waals surface area contributed by atoms with Crippen LogP contribution in [0.1, 0.15) is 24.8 Å². The minimum Gasteiger partial charge on any atom is -0.383 e. The highest BCUT2D eigenvalue weighted by molar-refractivity contribution is 7.98. The molecule has 1 rings (SSSR count). The van der Waals surface area contributed by atoms with Gasteiger partial charge in [0.15, 0.2) is 0 Å². The van der Waals surface area contributed by atoms with Gasteiger partial charge in [-0.15, -0.1) is 0 Å². The van der Waals surface area contributed by atoms with E-state index in [1.54, 1.807) is 12.1 Å². The van der Waals surface area contributed by atoms with E-state index in [0.717, 1.165) is 19.4 Å². The second kappa shape index (κ2) is 7.97. The number of rotatable bonds is 7. The summed E-state index contributed by atoms with van der Waals surface area (Å²) < 4.78 is 13.5. The minimum absolute atomic E-state index is 0.354. The Hall–Kier alpha value is -1.21. The van der Waals surface area contributed by atoms with Crippen LogP contribution in [0.4, 0.5) is 10.1 Å². The third-order valence-electron chi connectivity index (χ3n) is 2.44. The quantitative estimate of drug-likeness (QED) is 0.752. The summed E-state index contributed by atoms with van der Waals surface area (Å²) in [6.07, 6.45) is 5.51. The first-order chi connectivity index (χ1) is 8.27. The molecule has 0 atom stereocenters. The van der Waals surface area contributed by atoms with Crippen molar-refractivity contribution < 1.29 is 4.39 Å². The van der Waals surface area contributed by atoms with Gasteiger partial charge in [0, 0.05) is 6.54 Å². The Labute approximate surface area is 106 Å². The van der Waals surface area contributed by atoms with Crippen LogP contribution >= 0.6 is 11.8 Å². The lowest BCUT2D eigenvalue weighted by atomic mass is 10.2. The molecule has 0 aliphatic rings. The van der Waals surface area contributed by atoms with E-state index in [2.05, 4.69) is 11.6 Å². The van der Waals surface area contributed by atoms with E-state index in [9.17, 15) is 4.39 Å². The monoisotopic (exact) mass is 252 g/mol. The maximum Gasteiger partial charge on any atom is 0.147 e. The molecule has 17 heavy (non-hydrogen) atoms. The van der Waals surface area contributed by atoms with Crippen molar-refractivity contribution in [1.29, 1.82) is 5.26 Å². The lowest BCUT2D eigenvalue weighted by Gasteiger charge is -2.07. The molecule has 4 heteroatoms. The lowest BCUT2D eigenvalue weighted by Crippen LogP contribution is -2.03. The molecule has 0 aliphatic heterocycles. The van der Waals surface area contributed by atoms with Crippen LogP contribution in [0.15, 0.2) is 18.2 Å². The molecule has 1 N–H and O–H groups in total. The number of anilines is 1. The van der Waals surface area contributed by atoms with Crippen molar-refractivity contribution in [3.05, 3.63) is 29.6 Å². The van der Waals surface area contributed by atoms with Gasteiger partial charge in [-0.3, -0.25) is 0 Å². The van der Waals surface area contributed by atoms with Gasteiger partial charge in [-0.1, -0.05) is 6.42 Å². The van der Waals surface area contributed by atoms with Gasteiger partial charge in [0.25, 0.3) is 0 Å². The fourth-order valence-corrected chi connectivity index (χ4v) is 1.99. The van der Waals surface area contributed by atoms with E-state index in [4.69, 9.17) is 5.26 Å². The van der Waals surface area contributed by atoms with Crippen LogP contribution in [0.2, 0.25) is 0 Å². The second-order valence-corrected chi connectivity index (χ2v) is 4.77. The summed E-state index contributed by atoms with van der Waals surface area (Å²) in [6, 6.07) is 6.42. The maximum absolute atomic E-state index is 13.5. The number of hydrogen-bond donors (Lipinski definition) is 1. The van der Waals surface area contributed by atoms with Crippen molar-refractivity contribution in [2.24, 2.45) is 0 Å². The van der Waals surface area contributed by atoms with Crippen LogP contribution in [0, 0.1) is 17.1 Å². The van der Waals surface area contributed by atoms with Gasteiger partial charge < -0.3 is 5.32 Å².